The maximum absolute atomic E-state index is 12.7. The van der Waals surface area contributed by atoms with Crippen molar-refractivity contribution in [1.29, 1.82) is 0 Å². The van der Waals surface area contributed by atoms with Crippen molar-refractivity contribution >= 4 is 24.3 Å². The second-order valence-electron chi connectivity index (χ2n) is 7.24. The van der Waals surface area contributed by atoms with Gasteiger partial charge in [-0.3, -0.25) is 9.59 Å². The van der Waals surface area contributed by atoms with Gasteiger partial charge in [-0.1, -0.05) is 35.5 Å². The Kier molecular flexibility index (Phi) is 8.60. The molecule has 8 nitrogen and oxygen atoms in total. The van der Waals surface area contributed by atoms with Gasteiger partial charge in [-0.05, 0) is 45.3 Å². The van der Waals surface area contributed by atoms with E-state index >= 15 is 0 Å². The van der Waals surface area contributed by atoms with E-state index in [4.69, 9.17) is 4.74 Å². The highest BCUT2D eigenvalue weighted by Crippen LogP contribution is 2.20. The molecule has 1 aliphatic rings. The molecule has 29 heavy (non-hydrogen) atoms. The van der Waals surface area contributed by atoms with Crippen LogP contribution in [0.3, 0.4) is 0 Å². The largest absolute Gasteiger partial charge is 0.463 e. The summed E-state index contributed by atoms with van der Waals surface area (Å²) in [5.74, 6) is -0.714. The summed E-state index contributed by atoms with van der Waals surface area (Å²) in [7, 11) is 0. The summed E-state index contributed by atoms with van der Waals surface area (Å²) in [6.07, 6.45) is 3.44. The van der Waals surface area contributed by atoms with Crippen LogP contribution in [0.2, 0.25) is 0 Å². The van der Waals surface area contributed by atoms with E-state index in [1.165, 1.54) is 0 Å². The number of aromatic nitrogens is 3. The number of amides is 1. The molecule has 0 radical (unpaired) electrons. The molecule has 1 atom stereocenters. The second kappa shape index (κ2) is 10.9. The van der Waals surface area contributed by atoms with Gasteiger partial charge >= 0.3 is 5.97 Å². The predicted octanol–water partition coefficient (Wildman–Crippen LogP) is 2.44. The zero-order valence-electron chi connectivity index (χ0n) is 16.7. The fourth-order valence-electron chi connectivity index (χ4n) is 3.28. The van der Waals surface area contributed by atoms with Crippen LogP contribution in [-0.4, -0.2) is 46.1 Å². The van der Waals surface area contributed by atoms with E-state index in [-0.39, 0.29) is 48.5 Å². The third-order valence-electron chi connectivity index (χ3n) is 4.67. The number of nitrogens with zero attached hydrogens (tertiary/aromatic N) is 3. The number of ether oxygens (including phenoxy) is 1. The first-order valence-corrected chi connectivity index (χ1v) is 9.70. The minimum absolute atomic E-state index is 0. The zero-order chi connectivity index (χ0) is 19.9. The van der Waals surface area contributed by atoms with Crippen molar-refractivity contribution in [3.05, 3.63) is 47.8 Å². The molecule has 1 fully saturated rings. The van der Waals surface area contributed by atoms with E-state index in [0.717, 1.165) is 31.5 Å². The maximum Gasteiger partial charge on any atom is 0.308 e. The highest BCUT2D eigenvalue weighted by Gasteiger charge is 2.23. The van der Waals surface area contributed by atoms with E-state index < -0.39 is 6.04 Å². The van der Waals surface area contributed by atoms with Crippen LogP contribution >= 0.6 is 12.4 Å². The second-order valence-corrected chi connectivity index (χ2v) is 7.24. The Balaban J connectivity index is 0.00000300. The molecule has 2 aromatic rings. The maximum atomic E-state index is 12.7. The van der Waals surface area contributed by atoms with Crippen molar-refractivity contribution in [1.82, 2.24) is 25.6 Å². The van der Waals surface area contributed by atoms with Crippen LogP contribution in [0.1, 0.15) is 61.2 Å². The summed E-state index contributed by atoms with van der Waals surface area (Å²) in [4.78, 5) is 24.9. The highest BCUT2D eigenvalue weighted by atomic mass is 35.5. The molecule has 3 rings (SSSR count). The molecule has 0 saturated carbocycles. The monoisotopic (exact) mass is 421 g/mol. The van der Waals surface area contributed by atoms with Crippen LogP contribution in [0.25, 0.3) is 0 Å². The third-order valence-corrected chi connectivity index (χ3v) is 4.67. The van der Waals surface area contributed by atoms with Gasteiger partial charge in [0.1, 0.15) is 0 Å². The fourth-order valence-corrected chi connectivity index (χ4v) is 3.28. The summed E-state index contributed by atoms with van der Waals surface area (Å²) in [5, 5.41) is 14.4. The number of carbonyl (C=O) groups excluding carboxylic acids is 2. The molecule has 1 aromatic carbocycles. The molecule has 9 heteroatoms. The Morgan fingerprint density at radius 2 is 1.93 bits per heavy atom. The first-order chi connectivity index (χ1) is 13.5. The first kappa shape index (κ1) is 22.8. The standard InChI is InChI=1S/C20H27N5O3.ClH/c1-14(2)28-19(26)12-17(15-6-4-3-5-7-15)22-20(27)18-13-25(24-23-18)16-8-10-21-11-9-16;/h3-7,13-14,16-17,21H,8-12H2,1-2H3,(H,22,27);1H. The fraction of sp³-hybridized carbons (Fsp3) is 0.500. The summed E-state index contributed by atoms with van der Waals surface area (Å²) in [6, 6.07) is 9.13. The summed E-state index contributed by atoms with van der Waals surface area (Å²) < 4.78 is 7.01. The third kappa shape index (κ3) is 6.54. The van der Waals surface area contributed by atoms with Gasteiger partial charge in [0.15, 0.2) is 5.69 Å². The van der Waals surface area contributed by atoms with E-state index in [1.807, 2.05) is 30.3 Å². The Morgan fingerprint density at radius 3 is 2.59 bits per heavy atom. The molecule has 1 unspecified atom stereocenters. The smallest absolute Gasteiger partial charge is 0.308 e. The van der Waals surface area contributed by atoms with Gasteiger partial charge in [0, 0.05) is 0 Å². The Bertz CT molecular complexity index is 790. The average molecular weight is 422 g/mol. The van der Waals surface area contributed by atoms with Gasteiger partial charge < -0.3 is 15.4 Å². The molecule has 0 bridgehead atoms. The molecular formula is C20H28ClN5O3. The molecule has 0 aliphatic carbocycles. The minimum atomic E-state index is -0.496. The molecule has 1 aromatic heterocycles. The lowest BCUT2D eigenvalue weighted by molar-refractivity contribution is -0.147. The molecule has 2 heterocycles. The van der Waals surface area contributed by atoms with E-state index in [9.17, 15) is 9.59 Å². The normalized spacial score (nSPS) is 15.4. The quantitative estimate of drug-likeness (QED) is 0.666. The van der Waals surface area contributed by atoms with Crippen molar-refractivity contribution < 1.29 is 14.3 Å². The van der Waals surface area contributed by atoms with E-state index in [1.54, 1.807) is 24.7 Å². The lowest BCUT2D eigenvalue weighted by Crippen LogP contribution is -2.31. The number of rotatable bonds is 7. The zero-order valence-corrected chi connectivity index (χ0v) is 17.5. The number of carbonyl (C=O) groups is 2. The van der Waals surface area contributed by atoms with Crippen molar-refractivity contribution in [2.45, 2.75) is 51.3 Å². The lowest BCUT2D eigenvalue weighted by atomic mass is 10.0. The molecule has 2 N–H and O–H groups in total. The number of benzene rings is 1. The van der Waals surface area contributed by atoms with Crippen LogP contribution in [-0.2, 0) is 9.53 Å². The number of nitrogens with one attached hydrogen (secondary N) is 2. The average Bonchev–Trinajstić information content (AvgIpc) is 3.18. The van der Waals surface area contributed by atoms with Gasteiger partial charge in [-0.15, -0.1) is 17.5 Å². The van der Waals surface area contributed by atoms with Gasteiger partial charge in [0.25, 0.3) is 5.91 Å². The number of hydrogen-bond acceptors (Lipinski definition) is 6. The Hall–Kier alpha value is -2.45. The number of halogens is 1. The minimum Gasteiger partial charge on any atom is -0.463 e. The first-order valence-electron chi connectivity index (χ1n) is 9.70. The van der Waals surface area contributed by atoms with Crippen LogP contribution < -0.4 is 10.6 Å². The topological polar surface area (TPSA) is 98.1 Å². The SMILES string of the molecule is CC(C)OC(=O)CC(NC(=O)c1cn(C2CCNCC2)nn1)c1ccccc1.Cl. The number of piperidine rings is 1. The van der Waals surface area contributed by atoms with Gasteiger partial charge in [-0.2, -0.15) is 0 Å². The predicted molar refractivity (Wildman–Crippen MR) is 111 cm³/mol. The van der Waals surface area contributed by atoms with Gasteiger partial charge in [0.05, 0.1) is 30.8 Å². The van der Waals surface area contributed by atoms with Gasteiger partial charge in [0.2, 0.25) is 0 Å². The van der Waals surface area contributed by atoms with Crippen molar-refractivity contribution in [2.24, 2.45) is 0 Å². The molecule has 1 saturated heterocycles. The van der Waals surface area contributed by atoms with Gasteiger partial charge in [-0.25, -0.2) is 4.68 Å². The number of esters is 1. The summed E-state index contributed by atoms with van der Waals surface area (Å²) in [6.45, 7) is 5.46. The van der Waals surface area contributed by atoms with Crippen LogP contribution in [0, 0.1) is 0 Å². The molecule has 158 valence electrons. The molecule has 0 spiro atoms. The van der Waals surface area contributed by atoms with Crippen molar-refractivity contribution in [3.8, 4) is 0 Å². The van der Waals surface area contributed by atoms with Crippen molar-refractivity contribution in [3.63, 3.8) is 0 Å². The van der Waals surface area contributed by atoms with Crippen molar-refractivity contribution in [2.75, 3.05) is 13.1 Å². The Labute approximate surface area is 176 Å². The van der Waals surface area contributed by atoms with Crippen LogP contribution in [0.4, 0.5) is 0 Å². The van der Waals surface area contributed by atoms with E-state index in [2.05, 4.69) is 20.9 Å². The molecular weight excluding hydrogens is 394 g/mol. The van der Waals surface area contributed by atoms with E-state index in [0.29, 0.717) is 0 Å². The number of hydrogen-bond donors (Lipinski definition) is 2. The summed E-state index contributed by atoms with van der Waals surface area (Å²) >= 11 is 0. The van der Waals surface area contributed by atoms with Crippen LogP contribution in [0.5, 0.6) is 0 Å². The highest BCUT2D eigenvalue weighted by molar-refractivity contribution is 5.92. The van der Waals surface area contributed by atoms with Crippen LogP contribution in [0.15, 0.2) is 36.5 Å². The lowest BCUT2D eigenvalue weighted by Gasteiger charge is -2.22. The summed E-state index contributed by atoms with van der Waals surface area (Å²) in [5.41, 5.74) is 1.08. The molecule has 1 aliphatic heterocycles. The Morgan fingerprint density at radius 1 is 1.24 bits per heavy atom. The molecule has 1 amide bonds.